The van der Waals surface area contributed by atoms with Crippen molar-refractivity contribution in [2.75, 3.05) is 37.6 Å². The van der Waals surface area contributed by atoms with Crippen molar-refractivity contribution in [2.24, 2.45) is 0 Å². The lowest BCUT2D eigenvalue weighted by molar-refractivity contribution is -0.894. The van der Waals surface area contributed by atoms with Gasteiger partial charge in [-0.25, -0.2) is 0 Å². The van der Waals surface area contributed by atoms with Crippen molar-refractivity contribution in [1.29, 1.82) is 0 Å². The third kappa shape index (κ3) is 4.59. The fourth-order valence-corrected chi connectivity index (χ4v) is 3.21. The Morgan fingerprint density at radius 3 is 2.48 bits per heavy atom. The summed E-state index contributed by atoms with van der Waals surface area (Å²) in [6.07, 6.45) is 3.90. The van der Waals surface area contributed by atoms with E-state index in [1.165, 1.54) is 16.7 Å². The number of hydrogen-bond acceptors (Lipinski definition) is 3. The molecule has 25 heavy (non-hydrogen) atoms. The Hall–Kier alpha value is -2.37. The Morgan fingerprint density at radius 1 is 1.12 bits per heavy atom. The largest absolute Gasteiger partial charge is 0.360 e. The van der Waals surface area contributed by atoms with Crippen molar-refractivity contribution in [3.63, 3.8) is 0 Å². The fourth-order valence-electron chi connectivity index (χ4n) is 3.08. The Morgan fingerprint density at radius 2 is 1.80 bits per heavy atom. The van der Waals surface area contributed by atoms with Gasteiger partial charge in [0.05, 0.1) is 43.2 Å². The van der Waals surface area contributed by atoms with Crippen LogP contribution in [0.25, 0.3) is 6.08 Å². The number of rotatable bonds is 5. The number of halogens is 1. The molecule has 0 unspecified atom stereocenters. The van der Waals surface area contributed by atoms with E-state index in [2.05, 4.69) is 17.0 Å². The summed E-state index contributed by atoms with van der Waals surface area (Å²) in [6.45, 7) is 4.96. The number of nitro groups is 1. The molecule has 1 fully saturated rings. The molecule has 0 aromatic heterocycles. The molecule has 1 aliphatic heterocycles. The topological polar surface area (TPSA) is 50.8 Å². The first-order valence-corrected chi connectivity index (χ1v) is 8.75. The summed E-state index contributed by atoms with van der Waals surface area (Å²) in [5.41, 5.74) is 2.02. The summed E-state index contributed by atoms with van der Waals surface area (Å²) in [7, 11) is 0. The molecule has 0 radical (unpaired) electrons. The summed E-state index contributed by atoms with van der Waals surface area (Å²) in [5, 5.41) is 11.8. The van der Waals surface area contributed by atoms with Gasteiger partial charge >= 0.3 is 0 Å². The molecule has 0 amide bonds. The van der Waals surface area contributed by atoms with Gasteiger partial charge in [-0.1, -0.05) is 23.7 Å². The minimum absolute atomic E-state index is 0.154. The first-order valence-electron chi connectivity index (χ1n) is 8.37. The molecule has 0 bridgehead atoms. The van der Waals surface area contributed by atoms with Gasteiger partial charge in [-0.05, 0) is 42.5 Å². The molecule has 2 aromatic rings. The van der Waals surface area contributed by atoms with E-state index in [-0.39, 0.29) is 10.6 Å². The standard InChI is InChI=1S/C19H20ClN3O2/c20-17-7-9-18(10-8-17)22-14-12-21(13-15-22)11-3-5-16-4-1-2-6-19(16)23(24)25/h1-10H,11-15H2/p+1/b5-3+. The zero-order valence-electron chi connectivity index (χ0n) is 13.9. The maximum absolute atomic E-state index is 11.0. The Bertz CT molecular complexity index is 754. The fraction of sp³-hybridized carbons (Fsp3) is 0.263. The Balaban J connectivity index is 1.53. The highest BCUT2D eigenvalue weighted by Gasteiger charge is 2.19. The third-order valence-electron chi connectivity index (χ3n) is 4.50. The minimum Gasteiger partial charge on any atom is -0.360 e. The second-order valence-electron chi connectivity index (χ2n) is 6.14. The highest BCUT2D eigenvalue weighted by atomic mass is 35.5. The van der Waals surface area contributed by atoms with Gasteiger partial charge in [-0.15, -0.1) is 0 Å². The van der Waals surface area contributed by atoms with E-state index in [4.69, 9.17) is 11.6 Å². The Kier molecular flexibility index (Phi) is 5.68. The molecule has 0 atom stereocenters. The predicted octanol–water partition coefficient (Wildman–Crippen LogP) is 2.67. The number of para-hydroxylation sites is 1. The highest BCUT2D eigenvalue weighted by molar-refractivity contribution is 6.30. The quantitative estimate of drug-likeness (QED) is 0.660. The highest BCUT2D eigenvalue weighted by Crippen LogP contribution is 2.19. The van der Waals surface area contributed by atoms with E-state index in [1.54, 1.807) is 12.1 Å². The van der Waals surface area contributed by atoms with Crippen LogP contribution in [0.2, 0.25) is 5.02 Å². The monoisotopic (exact) mass is 358 g/mol. The van der Waals surface area contributed by atoms with E-state index in [0.29, 0.717) is 5.56 Å². The smallest absolute Gasteiger partial charge is 0.276 e. The third-order valence-corrected chi connectivity index (χ3v) is 4.75. The van der Waals surface area contributed by atoms with E-state index >= 15 is 0 Å². The van der Waals surface area contributed by atoms with Gasteiger partial charge in [0, 0.05) is 16.8 Å². The number of nitrogens with zero attached hydrogens (tertiary/aromatic N) is 2. The lowest BCUT2D eigenvalue weighted by Gasteiger charge is -2.33. The molecule has 0 saturated carbocycles. The second-order valence-corrected chi connectivity index (χ2v) is 6.57. The molecule has 3 rings (SSSR count). The van der Waals surface area contributed by atoms with Crippen molar-refractivity contribution in [1.82, 2.24) is 0 Å². The summed E-state index contributed by atoms with van der Waals surface area (Å²) >= 11 is 5.94. The summed E-state index contributed by atoms with van der Waals surface area (Å²) in [4.78, 5) is 14.5. The number of piperazine rings is 1. The number of nitro benzene ring substituents is 1. The van der Waals surface area contributed by atoms with E-state index < -0.39 is 0 Å². The van der Waals surface area contributed by atoms with Crippen LogP contribution in [0.5, 0.6) is 0 Å². The van der Waals surface area contributed by atoms with Crippen molar-refractivity contribution in [2.45, 2.75) is 0 Å². The molecular weight excluding hydrogens is 338 g/mol. The van der Waals surface area contributed by atoms with Crippen molar-refractivity contribution in [3.05, 3.63) is 75.3 Å². The van der Waals surface area contributed by atoms with Crippen molar-refractivity contribution < 1.29 is 9.82 Å². The zero-order valence-corrected chi connectivity index (χ0v) is 14.7. The predicted molar refractivity (Wildman–Crippen MR) is 101 cm³/mol. The number of anilines is 1. The van der Waals surface area contributed by atoms with Gasteiger partial charge in [-0.3, -0.25) is 10.1 Å². The van der Waals surface area contributed by atoms with Crippen LogP contribution in [-0.2, 0) is 0 Å². The molecule has 1 N–H and O–H groups in total. The van der Waals surface area contributed by atoms with Crippen LogP contribution in [0.4, 0.5) is 11.4 Å². The van der Waals surface area contributed by atoms with Gasteiger partial charge in [0.15, 0.2) is 0 Å². The van der Waals surface area contributed by atoms with Crippen LogP contribution in [0.3, 0.4) is 0 Å². The molecule has 1 saturated heterocycles. The molecule has 2 aromatic carbocycles. The van der Waals surface area contributed by atoms with Gasteiger partial charge in [0.1, 0.15) is 0 Å². The van der Waals surface area contributed by atoms with E-state index in [1.807, 2.05) is 30.4 Å². The second kappa shape index (κ2) is 8.14. The molecule has 6 heteroatoms. The molecule has 5 nitrogen and oxygen atoms in total. The van der Waals surface area contributed by atoms with E-state index in [0.717, 1.165) is 37.7 Å². The maximum Gasteiger partial charge on any atom is 0.276 e. The first kappa shape index (κ1) is 17.5. The Labute approximate surface area is 152 Å². The minimum atomic E-state index is -0.336. The van der Waals surface area contributed by atoms with E-state index in [9.17, 15) is 10.1 Å². The summed E-state index contributed by atoms with van der Waals surface area (Å²) in [5.74, 6) is 0. The van der Waals surface area contributed by atoms with Crippen molar-refractivity contribution >= 4 is 29.1 Å². The number of benzene rings is 2. The average Bonchev–Trinajstić information content (AvgIpc) is 2.63. The lowest BCUT2D eigenvalue weighted by Crippen LogP contribution is -3.14. The van der Waals surface area contributed by atoms with Gasteiger partial charge in [0.2, 0.25) is 0 Å². The van der Waals surface area contributed by atoms with Gasteiger partial charge in [-0.2, -0.15) is 0 Å². The molecule has 1 aliphatic rings. The average molecular weight is 359 g/mol. The van der Waals surface area contributed by atoms with Crippen LogP contribution in [0.1, 0.15) is 5.56 Å². The van der Waals surface area contributed by atoms with Gasteiger partial charge in [0.25, 0.3) is 5.69 Å². The SMILES string of the molecule is O=[N+]([O-])c1ccccc1/C=C/C[NH+]1CCN(c2ccc(Cl)cc2)CC1. The number of hydrogen-bond donors (Lipinski definition) is 1. The maximum atomic E-state index is 11.0. The van der Waals surface area contributed by atoms with Crippen molar-refractivity contribution in [3.8, 4) is 0 Å². The first-order chi connectivity index (χ1) is 12.1. The number of quaternary nitrogens is 1. The summed E-state index contributed by atoms with van der Waals surface area (Å²) < 4.78 is 0. The molecule has 0 spiro atoms. The van der Waals surface area contributed by atoms with Crippen LogP contribution < -0.4 is 9.80 Å². The molecule has 0 aliphatic carbocycles. The summed E-state index contributed by atoms with van der Waals surface area (Å²) in [6, 6.07) is 14.8. The van der Waals surface area contributed by atoms with Crippen LogP contribution in [-0.4, -0.2) is 37.6 Å². The molecule has 1 heterocycles. The lowest BCUT2D eigenvalue weighted by atomic mass is 10.1. The van der Waals surface area contributed by atoms with Crippen LogP contribution in [0, 0.1) is 10.1 Å². The molecular formula is C19H21ClN3O2+. The van der Waals surface area contributed by atoms with Crippen LogP contribution in [0.15, 0.2) is 54.6 Å². The normalized spacial score (nSPS) is 15.6. The van der Waals surface area contributed by atoms with Crippen LogP contribution >= 0.6 is 11.6 Å². The zero-order chi connectivity index (χ0) is 17.6. The number of nitrogens with one attached hydrogen (secondary N) is 1. The molecule has 130 valence electrons. The van der Waals surface area contributed by atoms with Gasteiger partial charge < -0.3 is 9.80 Å².